The van der Waals surface area contributed by atoms with Crippen LogP contribution in [0.25, 0.3) is 0 Å². The molecule has 1 atom stereocenters. The van der Waals surface area contributed by atoms with E-state index >= 15 is 0 Å². The number of hydrogen-bond acceptors (Lipinski definition) is 4. The number of aliphatic hydroxyl groups excluding tert-OH is 2. The van der Waals surface area contributed by atoms with Gasteiger partial charge in [-0.2, -0.15) is 0 Å². The summed E-state index contributed by atoms with van der Waals surface area (Å²) in [7, 11) is 0. The molecule has 1 aromatic carbocycles. The molecule has 0 saturated heterocycles. The van der Waals surface area contributed by atoms with Gasteiger partial charge in [-0.1, -0.05) is 31.5 Å². The maximum atomic E-state index is 9.75. The van der Waals surface area contributed by atoms with Crippen LogP contribution in [0.3, 0.4) is 0 Å². The first kappa shape index (κ1) is 16.0. The van der Waals surface area contributed by atoms with Gasteiger partial charge in [0.1, 0.15) is 18.5 Å². The molecule has 19 heavy (non-hydrogen) atoms. The standard InChI is InChI=1S/C15H24O4/c1-3-4-8-18-10-14(17)11-19-15-12(2)6-5-7-13(15)9-16/h5-7,14,16-17H,3-4,8-11H2,1-2H3. The molecule has 0 aromatic heterocycles. The average molecular weight is 268 g/mol. The van der Waals surface area contributed by atoms with Crippen molar-refractivity contribution >= 4 is 0 Å². The summed E-state index contributed by atoms with van der Waals surface area (Å²) < 4.78 is 10.9. The zero-order chi connectivity index (χ0) is 14.1. The van der Waals surface area contributed by atoms with Crippen LogP contribution in [0.5, 0.6) is 5.75 Å². The molecule has 0 saturated carbocycles. The maximum Gasteiger partial charge on any atom is 0.127 e. The van der Waals surface area contributed by atoms with Gasteiger partial charge in [-0.15, -0.1) is 0 Å². The first-order chi connectivity index (χ1) is 9.19. The summed E-state index contributed by atoms with van der Waals surface area (Å²) in [6.45, 7) is 5.06. The number of benzene rings is 1. The van der Waals surface area contributed by atoms with Crippen LogP contribution < -0.4 is 4.74 Å². The second kappa shape index (κ2) is 8.91. The number of aliphatic hydroxyl groups is 2. The fraction of sp³-hybridized carbons (Fsp3) is 0.600. The third-order valence-electron chi connectivity index (χ3n) is 2.84. The van der Waals surface area contributed by atoms with Crippen molar-refractivity contribution in [2.24, 2.45) is 0 Å². The Labute approximate surface area is 115 Å². The van der Waals surface area contributed by atoms with E-state index in [-0.39, 0.29) is 19.8 Å². The van der Waals surface area contributed by atoms with E-state index in [4.69, 9.17) is 9.47 Å². The summed E-state index contributed by atoms with van der Waals surface area (Å²) in [4.78, 5) is 0. The van der Waals surface area contributed by atoms with E-state index in [0.29, 0.717) is 12.4 Å². The SMILES string of the molecule is CCCCOCC(O)COc1c(C)cccc1CO. The molecule has 0 heterocycles. The molecule has 0 amide bonds. The largest absolute Gasteiger partial charge is 0.490 e. The van der Waals surface area contributed by atoms with Gasteiger partial charge in [-0.05, 0) is 18.9 Å². The molecule has 4 nitrogen and oxygen atoms in total. The van der Waals surface area contributed by atoms with Crippen molar-refractivity contribution in [3.05, 3.63) is 29.3 Å². The number of unbranched alkanes of at least 4 members (excludes halogenated alkanes) is 1. The van der Waals surface area contributed by atoms with Gasteiger partial charge < -0.3 is 19.7 Å². The summed E-state index contributed by atoms with van der Waals surface area (Å²) in [5.41, 5.74) is 1.68. The van der Waals surface area contributed by atoms with Crippen LogP contribution in [0.15, 0.2) is 18.2 Å². The van der Waals surface area contributed by atoms with Crippen LogP contribution in [-0.4, -0.2) is 36.1 Å². The normalized spacial score (nSPS) is 12.4. The first-order valence-electron chi connectivity index (χ1n) is 6.77. The molecule has 0 radical (unpaired) electrons. The molecule has 0 fully saturated rings. The Balaban J connectivity index is 2.39. The molecule has 1 unspecified atom stereocenters. The Morgan fingerprint density at radius 3 is 2.74 bits per heavy atom. The monoisotopic (exact) mass is 268 g/mol. The molecule has 0 aliphatic heterocycles. The average Bonchev–Trinajstić information content (AvgIpc) is 2.42. The van der Waals surface area contributed by atoms with E-state index in [0.717, 1.165) is 24.0 Å². The highest BCUT2D eigenvalue weighted by Gasteiger charge is 2.10. The second-order valence-electron chi connectivity index (χ2n) is 4.61. The predicted octanol–water partition coefficient (Wildman–Crippen LogP) is 2.04. The molecular weight excluding hydrogens is 244 g/mol. The van der Waals surface area contributed by atoms with Gasteiger partial charge in [0.2, 0.25) is 0 Å². The quantitative estimate of drug-likeness (QED) is 0.673. The van der Waals surface area contributed by atoms with Crippen LogP contribution in [0.1, 0.15) is 30.9 Å². The Kier molecular flexibility index (Phi) is 7.48. The van der Waals surface area contributed by atoms with Crippen LogP contribution in [0, 0.1) is 6.92 Å². The van der Waals surface area contributed by atoms with Gasteiger partial charge in [0.25, 0.3) is 0 Å². The minimum Gasteiger partial charge on any atom is -0.490 e. The second-order valence-corrected chi connectivity index (χ2v) is 4.61. The number of ether oxygens (including phenoxy) is 2. The lowest BCUT2D eigenvalue weighted by atomic mass is 10.1. The minimum absolute atomic E-state index is 0.0693. The van der Waals surface area contributed by atoms with Gasteiger partial charge in [0.05, 0.1) is 13.2 Å². The maximum absolute atomic E-state index is 9.75. The third kappa shape index (κ3) is 5.59. The highest BCUT2D eigenvalue weighted by Crippen LogP contribution is 2.23. The highest BCUT2D eigenvalue weighted by atomic mass is 16.5. The van der Waals surface area contributed by atoms with Gasteiger partial charge >= 0.3 is 0 Å². The molecule has 2 N–H and O–H groups in total. The van der Waals surface area contributed by atoms with E-state index in [2.05, 4.69) is 6.92 Å². The van der Waals surface area contributed by atoms with Gasteiger partial charge in [-0.25, -0.2) is 0 Å². The zero-order valence-electron chi connectivity index (χ0n) is 11.8. The minimum atomic E-state index is -0.650. The molecule has 4 heteroatoms. The van der Waals surface area contributed by atoms with Crippen molar-refractivity contribution < 1.29 is 19.7 Å². The highest BCUT2D eigenvalue weighted by molar-refractivity contribution is 5.40. The van der Waals surface area contributed by atoms with E-state index in [1.54, 1.807) is 0 Å². The van der Waals surface area contributed by atoms with E-state index in [1.807, 2.05) is 25.1 Å². The van der Waals surface area contributed by atoms with Crippen molar-refractivity contribution in [1.29, 1.82) is 0 Å². The summed E-state index contributed by atoms with van der Waals surface area (Å²) >= 11 is 0. The number of rotatable bonds is 9. The lowest BCUT2D eigenvalue weighted by molar-refractivity contribution is 0.0108. The Morgan fingerprint density at radius 1 is 1.26 bits per heavy atom. The lowest BCUT2D eigenvalue weighted by Crippen LogP contribution is -2.24. The molecule has 0 bridgehead atoms. The summed E-state index contributed by atoms with van der Waals surface area (Å²) in [5.74, 6) is 0.651. The predicted molar refractivity (Wildman–Crippen MR) is 74.3 cm³/mol. The van der Waals surface area contributed by atoms with Gasteiger partial charge in [-0.3, -0.25) is 0 Å². The topological polar surface area (TPSA) is 58.9 Å². The fourth-order valence-electron chi connectivity index (χ4n) is 1.74. The molecule has 108 valence electrons. The molecular formula is C15H24O4. The van der Waals surface area contributed by atoms with Crippen molar-refractivity contribution in [3.63, 3.8) is 0 Å². The Hall–Kier alpha value is -1.10. The van der Waals surface area contributed by atoms with Gasteiger partial charge in [0, 0.05) is 12.2 Å². The van der Waals surface area contributed by atoms with Crippen LogP contribution in [-0.2, 0) is 11.3 Å². The molecule has 0 spiro atoms. The summed E-state index contributed by atoms with van der Waals surface area (Å²) in [5, 5.41) is 19.0. The fourth-order valence-corrected chi connectivity index (χ4v) is 1.74. The van der Waals surface area contributed by atoms with Crippen LogP contribution >= 0.6 is 0 Å². The molecule has 1 rings (SSSR count). The Bertz CT molecular complexity index is 365. The smallest absolute Gasteiger partial charge is 0.127 e. The molecule has 0 aliphatic rings. The molecule has 1 aromatic rings. The third-order valence-corrected chi connectivity index (χ3v) is 2.84. The van der Waals surface area contributed by atoms with Crippen LogP contribution in [0.4, 0.5) is 0 Å². The number of aryl methyl sites for hydroxylation is 1. The number of hydrogen-bond donors (Lipinski definition) is 2. The summed E-state index contributed by atoms with van der Waals surface area (Å²) in [6.07, 6.45) is 1.43. The van der Waals surface area contributed by atoms with Gasteiger partial charge in [0.15, 0.2) is 0 Å². The summed E-state index contributed by atoms with van der Waals surface area (Å²) in [6, 6.07) is 5.60. The zero-order valence-corrected chi connectivity index (χ0v) is 11.8. The lowest BCUT2D eigenvalue weighted by Gasteiger charge is -2.16. The van der Waals surface area contributed by atoms with Crippen molar-refractivity contribution in [3.8, 4) is 5.75 Å². The number of para-hydroxylation sites is 1. The van der Waals surface area contributed by atoms with E-state index in [9.17, 15) is 10.2 Å². The van der Waals surface area contributed by atoms with Crippen molar-refractivity contribution in [1.82, 2.24) is 0 Å². The van der Waals surface area contributed by atoms with E-state index in [1.165, 1.54) is 0 Å². The van der Waals surface area contributed by atoms with Crippen LogP contribution in [0.2, 0.25) is 0 Å². The molecule has 0 aliphatic carbocycles. The first-order valence-corrected chi connectivity index (χ1v) is 6.77. The van der Waals surface area contributed by atoms with Crippen molar-refractivity contribution in [2.45, 2.75) is 39.4 Å². The Morgan fingerprint density at radius 2 is 2.05 bits per heavy atom. The van der Waals surface area contributed by atoms with E-state index < -0.39 is 6.10 Å². The van der Waals surface area contributed by atoms with Crippen molar-refractivity contribution in [2.75, 3.05) is 19.8 Å².